The SMILES string of the molecule is CC(C)(C)C1CCC2CC21O. The normalized spacial score (nSPS) is 49.1. The molecule has 1 nitrogen and oxygen atoms in total. The Kier molecular flexibility index (Phi) is 1.26. The van der Waals surface area contributed by atoms with Gasteiger partial charge in [-0.2, -0.15) is 0 Å². The third-order valence-corrected chi connectivity index (χ3v) is 3.57. The molecule has 0 aromatic heterocycles. The highest BCUT2D eigenvalue weighted by Gasteiger charge is 2.64. The summed E-state index contributed by atoms with van der Waals surface area (Å²) in [5.41, 5.74) is 0.0677. The summed E-state index contributed by atoms with van der Waals surface area (Å²) < 4.78 is 0. The highest BCUT2D eigenvalue weighted by molar-refractivity contribution is 5.14. The lowest BCUT2D eigenvalue weighted by Gasteiger charge is -2.32. The van der Waals surface area contributed by atoms with Crippen LogP contribution in [0.15, 0.2) is 0 Å². The smallest absolute Gasteiger partial charge is 0.0713 e. The molecule has 2 aliphatic carbocycles. The second kappa shape index (κ2) is 1.82. The van der Waals surface area contributed by atoms with E-state index in [1.807, 2.05) is 0 Å². The van der Waals surface area contributed by atoms with E-state index >= 15 is 0 Å². The molecular weight excluding hydrogens is 136 g/mol. The summed E-state index contributed by atoms with van der Waals surface area (Å²) in [7, 11) is 0. The third kappa shape index (κ3) is 0.936. The monoisotopic (exact) mass is 154 g/mol. The standard InChI is InChI=1S/C10H18O/c1-9(2,3)8-5-4-7-6-10(7,8)11/h7-8,11H,4-6H2,1-3H3. The first-order valence-corrected chi connectivity index (χ1v) is 4.67. The van der Waals surface area contributed by atoms with Crippen LogP contribution < -0.4 is 0 Å². The second-order valence-electron chi connectivity index (χ2n) is 5.39. The molecule has 0 amide bonds. The van der Waals surface area contributed by atoms with E-state index in [0.29, 0.717) is 17.3 Å². The molecule has 0 saturated heterocycles. The summed E-state index contributed by atoms with van der Waals surface area (Å²) in [5, 5.41) is 10.1. The molecule has 0 aliphatic heterocycles. The third-order valence-electron chi connectivity index (χ3n) is 3.57. The first kappa shape index (κ1) is 7.60. The Hall–Kier alpha value is -0.0400. The van der Waals surface area contributed by atoms with Gasteiger partial charge in [-0.1, -0.05) is 20.8 Å². The minimum atomic E-state index is -0.238. The molecule has 3 atom stereocenters. The summed E-state index contributed by atoms with van der Waals surface area (Å²) in [6.07, 6.45) is 3.58. The first-order chi connectivity index (χ1) is 4.94. The summed E-state index contributed by atoms with van der Waals surface area (Å²) in [4.78, 5) is 0. The van der Waals surface area contributed by atoms with Crippen molar-refractivity contribution in [1.82, 2.24) is 0 Å². The van der Waals surface area contributed by atoms with Crippen molar-refractivity contribution in [2.45, 2.75) is 45.6 Å². The molecule has 2 fully saturated rings. The summed E-state index contributed by atoms with van der Waals surface area (Å²) in [6, 6.07) is 0. The van der Waals surface area contributed by atoms with Crippen molar-refractivity contribution >= 4 is 0 Å². The van der Waals surface area contributed by atoms with Crippen molar-refractivity contribution in [3.8, 4) is 0 Å². The fraction of sp³-hybridized carbons (Fsp3) is 1.00. The maximum atomic E-state index is 10.1. The largest absolute Gasteiger partial charge is 0.389 e. The number of fused-ring (bicyclic) bond motifs is 1. The van der Waals surface area contributed by atoms with Gasteiger partial charge in [-0.3, -0.25) is 0 Å². The van der Waals surface area contributed by atoms with Gasteiger partial charge in [0.05, 0.1) is 5.60 Å². The summed E-state index contributed by atoms with van der Waals surface area (Å²) in [5.74, 6) is 1.21. The second-order valence-corrected chi connectivity index (χ2v) is 5.39. The van der Waals surface area contributed by atoms with E-state index in [1.165, 1.54) is 12.8 Å². The topological polar surface area (TPSA) is 20.2 Å². The highest BCUT2D eigenvalue weighted by Crippen LogP contribution is 2.63. The molecule has 11 heavy (non-hydrogen) atoms. The lowest BCUT2D eigenvalue weighted by Crippen LogP contribution is -2.31. The van der Waals surface area contributed by atoms with Crippen LogP contribution in [0.5, 0.6) is 0 Å². The maximum absolute atomic E-state index is 10.1. The molecule has 2 rings (SSSR count). The van der Waals surface area contributed by atoms with Crippen LogP contribution in [0, 0.1) is 17.3 Å². The molecule has 0 radical (unpaired) electrons. The molecule has 0 spiro atoms. The van der Waals surface area contributed by atoms with E-state index in [0.717, 1.165) is 6.42 Å². The molecule has 0 heterocycles. The van der Waals surface area contributed by atoms with Crippen LogP contribution in [0.25, 0.3) is 0 Å². The van der Waals surface area contributed by atoms with Gasteiger partial charge < -0.3 is 5.11 Å². The van der Waals surface area contributed by atoms with E-state index in [4.69, 9.17) is 0 Å². The molecule has 1 N–H and O–H groups in total. The quantitative estimate of drug-likeness (QED) is 0.567. The van der Waals surface area contributed by atoms with Crippen molar-refractivity contribution < 1.29 is 5.11 Å². The van der Waals surface area contributed by atoms with Gasteiger partial charge in [0.25, 0.3) is 0 Å². The van der Waals surface area contributed by atoms with Gasteiger partial charge in [-0.15, -0.1) is 0 Å². The van der Waals surface area contributed by atoms with Crippen molar-refractivity contribution in [1.29, 1.82) is 0 Å². The van der Waals surface area contributed by atoms with Gasteiger partial charge in [0, 0.05) is 0 Å². The number of rotatable bonds is 0. The van der Waals surface area contributed by atoms with Crippen LogP contribution in [0.4, 0.5) is 0 Å². The predicted octanol–water partition coefficient (Wildman–Crippen LogP) is 2.19. The highest BCUT2D eigenvalue weighted by atomic mass is 16.3. The number of hydrogen-bond acceptors (Lipinski definition) is 1. The summed E-state index contributed by atoms with van der Waals surface area (Å²) in [6.45, 7) is 6.74. The Balaban J connectivity index is 2.16. The lowest BCUT2D eigenvalue weighted by molar-refractivity contribution is 0.0301. The molecular formula is C10H18O. The van der Waals surface area contributed by atoms with E-state index in [-0.39, 0.29) is 5.60 Å². The van der Waals surface area contributed by atoms with Crippen LogP contribution in [-0.2, 0) is 0 Å². The van der Waals surface area contributed by atoms with Gasteiger partial charge in [0.2, 0.25) is 0 Å². The van der Waals surface area contributed by atoms with Gasteiger partial charge >= 0.3 is 0 Å². The maximum Gasteiger partial charge on any atom is 0.0713 e. The van der Waals surface area contributed by atoms with Crippen LogP contribution >= 0.6 is 0 Å². The predicted molar refractivity (Wildman–Crippen MR) is 45.2 cm³/mol. The van der Waals surface area contributed by atoms with Crippen molar-refractivity contribution in [3.05, 3.63) is 0 Å². The minimum Gasteiger partial charge on any atom is -0.389 e. The molecule has 64 valence electrons. The summed E-state index contributed by atoms with van der Waals surface area (Å²) >= 11 is 0. The fourth-order valence-electron chi connectivity index (χ4n) is 2.92. The van der Waals surface area contributed by atoms with Gasteiger partial charge in [-0.25, -0.2) is 0 Å². The molecule has 0 bridgehead atoms. The Morgan fingerprint density at radius 2 is 1.91 bits per heavy atom. The zero-order valence-corrected chi connectivity index (χ0v) is 7.72. The zero-order valence-electron chi connectivity index (χ0n) is 7.72. The first-order valence-electron chi connectivity index (χ1n) is 4.67. The molecule has 0 aromatic carbocycles. The van der Waals surface area contributed by atoms with Crippen LogP contribution in [0.1, 0.15) is 40.0 Å². The van der Waals surface area contributed by atoms with E-state index in [9.17, 15) is 5.11 Å². The molecule has 1 heteroatoms. The van der Waals surface area contributed by atoms with E-state index in [1.54, 1.807) is 0 Å². The van der Waals surface area contributed by atoms with Gasteiger partial charge in [0.15, 0.2) is 0 Å². The van der Waals surface area contributed by atoms with Crippen molar-refractivity contribution in [3.63, 3.8) is 0 Å². The Labute approximate surface area is 68.8 Å². The molecule has 2 saturated carbocycles. The number of aliphatic hydroxyl groups is 1. The lowest BCUT2D eigenvalue weighted by atomic mass is 9.76. The zero-order chi connectivity index (χ0) is 8.28. The van der Waals surface area contributed by atoms with E-state index < -0.39 is 0 Å². The van der Waals surface area contributed by atoms with Crippen molar-refractivity contribution in [2.75, 3.05) is 0 Å². The Morgan fingerprint density at radius 3 is 2.09 bits per heavy atom. The molecule has 2 aliphatic rings. The molecule has 3 unspecified atom stereocenters. The number of hydrogen-bond donors (Lipinski definition) is 1. The average Bonchev–Trinajstić information content (AvgIpc) is 2.32. The fourth-order valence-corrected chi connectivity index (χ4v) is 2.92. The van der Waals surface area contributed by atoms with Crippen molar-refractivity contribution in [2.24, 2.45) is 17.3 Å². The Bertz CT molecular complexity index is 178. The van der Waals surface area contributed by atoms with Gasteiger partial charge in [-0.05, 0) is 36.5 Å². The van der Waals surface area contributed by atoms with Crippen LogP contribution in [0.3, 0.4) is 0 Å². The van der Waals surface area contributed by atoms with Crippen LogP contribution in [-0.4, -0.2) is 10.7 Å². The average molecular weight is 154 g/mol. The van der Waals surface area contributed by atoms with E-state index in [2.05, 4.69) is 20.8 Å². The van der Waals surface area contributed by atoms with Crippen LogP contribution in [0.2, 0.25) is 0 Å². The minimum absolute atomic E-state index is 0.238. The van der Waals surface area contributed by atoms with Gasteiger partial charge in [0.1, 0.15) is 0 Å². The molecule has 0 aromatic rings. The Morgan fingerprint density at radius 1 is 1.27 bits per heavy atom.